The lowest BCUT2D eigenvalue weighted by Crippen LogP contribution is -2.49. The van der Waals surface area contributed by atoms with Gasteiger partial charge in [0.25, 0.3) is 0 Å². The monoisotopic (exact) mass is 358 g/mol. The number of aliphatic hydroxyl groups is 1. The van der Waals surface area contributed by atoms with Crippen molar-refractivity contribution in [1.82, 2.24) is 0 Å². The molecule has 0 aromatic heterocycles. The summed E-state index contributed by atoms with van der Waals surface area (Å²) in [6.07, 6.45) is 0. The first-order chi connectivity index (χ1) is 12.8. The highest BCUT2D eigenvalue weighted by atomic mass is 16.5. The Morgan fingerprint density at radius 2 is 1.19 bits per heavy atom. The summed E-state index contributed by atoms with van der Waals surface area (Å²) in [4.78, 5) is 0. The van der Waals surface area contributed by atoms with E-state index in [1.165, 1.54) is 22.3 Å². The van der Waals surface area contributed by atoms with Crippen LogP contribution in [0.15, 0.2) is 78.9 Å². The van der Waals surface area contributed by atoms with Gasteiger partial charge >= 0.3 is 7.48 Å². The van der Waals surface area contributed by atoms with E-state index in [1.807, 2.05) is 19.9 Å². The van der Waals surface area contributed by atoms with Gasteiger partial charge < -0.3 is 9.76 Å². The minimum atomic E-state index is -0.898. The van der Waals surface area contributed by atoms with Crippen molar-refractivity contribution < 1.29 is 9.76 Å². The average molecular weight is 358 g/mol. The third-order valence-corrected chi connectivity index (χ3v) is 5.33. The second-order valence-corrected chi connectivity index (χ2v) is 8.00. The standard InChI is InChI=1S/C24H27BO2/c1-23(2,26)24(3,4)27-25-22-15-13-19(14-16-22)21-12-8-11-20(17-21)18-9-6-5-7-10-18/h5-17,25-26H,1-4H3. The molecule has 0 amide bonds. The third-order valence-electron chi connectivity index (χ3n) is 5.33. The van der Waals surface area contributed by atoms with Crippen LogP contribution in [0, 0.1) is 0 Å². The molecule has 3 rings (SSSR count). The number of benzene rings is 3. The van der Waals surface area contributed by atoms with Crippen LogP contribution in [0.1, 0.15) is 27.7 Å². The largest absolute Gasteiger partial charge is 0.427 e. The highest BCUT2D eigenvalue weighted by molar-refractivity contribution is 6.47. The van der Waals surface area contributed by atoms with Crippen LogP contribution in [0.5, 0.6) is 0 Å². The molecule has 0 bridgehead atoms. The molecule has 0 unspecified atom stereocenters. The molecule has 0 aliphatic carbocycles. The lowest BCUT2D eigenvalue weighted by molar-refractivity contribution is -0.0893. The van der Waals surface area contributed by atoms with Gasteiger partial charge in [-0.15, -0.1) is 0 Å². The van der Waals surface area contributed by atoms with Crippen molar-refractivity contribution in [2.45, 2.75) is 38.9 Å². The van der Waals surface area contributed by atoms with Crippen LogP contribution < -0.4 is 5.46 Å². The second-order valence-electron chi connectivity index (χ2n) is 8.00. The Kier molecular flexibility index (Phi) is 5.55. The summed E-state index contributed by atoms with van der Waals surface area (Å²) >= 11 is 0. The molecule has 3 aromatic rings. The van der Waals surface area contributed by atoms with Gasteiger partial charge in [-0.3, -0.25) is 0 Å². The second kappa shape index (κ2) is 7.71. The predicted molar refractivity (Wildman–Crippen MR) is 116 cm³/mol. The lowest BCUT2D eigenvalue weighted by atomic mass is 9.82. The summed E-state index contributed by atoms with van der Waals surface area (Å²) in [7, 11) is 0.474. The zero-order valence-electron chi connectivity index (χ0n) is 16.6. The Balaban J connectivity index is 1.75. The molecular formula is C24H27BO2. The van der Waals surface area contributed by atoms with Crippen LogP contribution in [0.2, 0.25) is 0 Å². The van der Waals surface area contributed by atoms with Gasteiger partial charge in [0.15, 0.2) is 0 Å². The van der Waals surface area contributed by atoms with Gasteiger partial charge in [0.05, 0.1) is 11.2 Å². The number of rotatable bonds is 6. The Morgan fingerprint density at radius 3 is 1.74 bits per heavy atom. The molecule has 3 aromatic carbocycles. The maximum atomic E-state index is 10.2. The van der Waals surface area contributed by atoms with Gasteiger partial charge in [0.2, 0.25) is 0 Å². The van der Waals surface area contributed by atoms with Crippen LogP contribution in [-0.4, -0.2) is 23.8 Å². The molecule has 0 saturated heterocycles. The Bertz CT molecular complexity index is 878. The van der Waals surface area contributed by atoms with Crippen molar-refractivity contribution in [1.29, 1.82) is 0 Å². The average Bonchev–Trinajstić information content (AvgIpc) is 2.67. The van der Waals surface area contributed by atoms with E-state index in [4.69, 9.17) is 4.65 Å². The van der Waals surface area contributed by atoms with Crippen LogP contribution in [-0.2, 0) is 4.65 Å². The predicted octanol–water partition coefficient (Wildman–Crippen LogP) is 4.56. The maximum Gasteiger partial charge on any atom is 0.309 e. The van der Waals surface area contributed by atoms with Crippen LogP contribution in [0.4, 0.5) is 0 Å². The van der Waals surface area contributed by atoms with E-state index < -0.39 is 11.2 Å². The van der Waals surface area contributed by atoms with Crippen molar-refractivity contribution >= 4 is 12.9 Å². The highest BCUT2D eigenvalue weighted by Crippen LogP contribution is 2.26. The van der Waals surface area contributed by atoms with E-state index >= 15 is 0 Å². The van der Waals surface area contributed by atoms with E-state index in [1.54, 1.807) is 13.8 Å². The zero-order valence-corrected chi connectivity index (χ0v) is 16.6. The van der Waals surface area contributed by atoms with Crippen molar-refractivity contribution in [3.05, 3.63) is 78.9 Å². The SMILES string of the molecule is CC(C)(O)C(C)(C)OBc1ccc(-c2cccc(-c3ccccc3)c2)cc1. The molecule has 0 aliphatic heterocycles. The van der Waals surface area contributed by atoms with E-state index in [0.29, 0.717) is 7.48 Å². The van der Waals surface area contributed by atoms with Crippen LogP contribution in [0.25, 0.3) is 22.3 Å². The maximum absolute atomic E-state index is 10.2. The summed E-state index contributed by atoms with van der Waals surface area (Å²) in [5, 5.41) is 10.2. The minimum Gasteiger partial charge on any atom is -0.427 e. The Morgan fingerprint density at radius 1 is 0.667 bits per heavy atom. The fourth-order valence-electron chi connectivity index (χ4n) is 2.74. The molecule has 1 N–H and O–H groups in total. The van der Waals surface area contributed by atoms with E-state index in [0.717, 1.165) is 5.46 Å². The van der Waals surface area contributed by atoms with Gasteiger partial charge in [-0.2, -0.15) is 0 Å². The van der Waals surface area contributed by atoms with E-state index in [2.05, 4.69) is 72.8 Å². The molecule has 0 atom stereocenters. The third kappa shape index (κ3) is 4.68. The first kappa shape index (κ1) is 19.4. The van der Waals surface area contributed by atoms with Crippen molar-refractivity contribution in [2.24, 2.45) is 0 Å². The molecule has 0 heterocycles. The molecule has 3 heteroatoms. The minimum absolute atomic E-state index is 0.474. The first-order valence-electron chi connectivity index (χ1n) is 9.37. The summed E-state index contributed by atoms with van der Waals surface area (Å²) in [6.45, 7) is 7.37. The first-order valence-corrected chi connectivity index (χ1v) is 9.37. The van der Waals surface area contributed by atoms with Gasteiger partial charge in [0, 0.05) is 0 Å². The molecule has 2 nitrogen and oxygen atoms in total. The molecule has 0 spiro atoms. The summed E-state index contributed by atoms with van der Waals surface area (Å²) in [5.74, 6) is 0. The summed E-state index contributed by atoms with van der Waals surface area (Å²) in [6, 6.07) is 27.4. The molecule has 0 radical (unpaired) electrons. The van der Waals surface area contributed by atoms with E-state index in [9.17, 15) is 5.11 Å². The van der Waals surface area contributed by atoms with Gasteiger partial charge in [-0.05, 0) is 56.0 Å². The molecule has 138 valence electrons. The van der Waals surface area contributed by atoms with Gasteiger partial charge in [-0.25, -0.2) is 0 Å². The molecular weight excluding hydrogens is 331 g/mol. The van der Waals surface area contributed by atoms with Crippen molar-refractivity contribution in [2.75, 3.05) is 0 Å². The molecule has 0 saturated carbocycles. The summed E-state index contributed by atoms with van der Waals surface area (Å²) in [5.41, 5.74) is 4.39. The number of hydrogen-bond donors (Lipinski definition) is 1. The van der Waals surface area contributed by atoms with Gasteiger partial charge in [-0.1, -0.05) is 78.3 Å². The number of hydrogen-bond acceptors (Lipinski definition) is 2. The van der Waals surface area contributed by atoms with Crippen molar-refractivity contribution in [3.63, 3.8) is 0 Å². The summed E-state index contributed by atoms with van der Waals surface area (Å²) < 4.78 is 5.95. The van der Waals surface area contributed by atoms with Crippen molar-refractivity contribution in [3.8, 4) is 22.3 Å². The molecule has 27 heavy (non-hydrogen) atoms. The fraction of sp³-hybridized carbons (Fsp3) is 0.250. The van der Waals surface area contributed by atoms with Crippen LogP contribution in [0.3, 0.4) is 0 Å². The quantitative estimate of drug-likeness (QED) is 0.655. The Labute approximate surface area is 163 Å². The molecule has 0 fully saturated rings. The topological polar surface area (TPSA) is 29.5 Å². The van der Waals surface area contributed by atoms with Gasteiger partial charge in [0.1, 0.15) is 0 Å². The van der Waals surface area contributed by atoms with E-state index in [-0.39, 0.29) is 0 Å². The normalized spacial score (nSPS) is 12.0. The zero-order chi connectivity index (χ0) is 19.5. The smallest absolute Gasteiger partial charge is 0.309 e. The Hall–Kier alpha value is -2.36. The highest BCUT2D eigenvalue weighted by Gasteiger charge is 2.35. The lowest BCUT2D eigenvalue weighted by Gasteiger charge is -2.37. The molecule has 0 aliphatic rings. The fourth-order valence-corrected chi connectivity index (χ4v) is 2.74. The van der Waals surface area contributed by atoms with Crippen LogP contribution >= 0.6 is 0 Å².